The summed E-state index contributed by atoms with van der Waals surface area (Å²) in [6, 6.07) is 6.00. The van der Waals surface area contributed by atoms with Crippen molar-refractivity contribution in [2.75, 3.05) is 5.75 Å². The van der Waals surface area contributed by atoms with Crippen molar-refractivity contribution in [2.24, 2.45) is 0 Å². The van der Waals surface area contributed by atoms with Crippen molar-refractivity contribution in [2.45, 2.75) is 18.9 Å². The van der Waals surface area contributed by atoms with Crippen molar-refractivity contribution in [1.82, 2.24) is 0 Å². The van der Waals surface area contributed by atoms with Gasteiger partial charge in [-0.1, -0.05) is 18.7 Å². The highest BCUT2D eigenvalue weighted by molar-refractivity contribution is 8.02. The number of thioether (sulfide) groups is 1. The molecule has 1 atom stereocenters. The molecule has 1 aromatic rings. The molecule has 1 unspecified atom stereocenters. The first-order valence-electron chi connectivity index (χ1n) is 4.90. The van der Waals surface area contributed by atoms with Gasteiger partial charge in [-0.15, -0.1) is 11.8 Å². The van der Waals surface area contributed by atoms with Crippen LogP contribution in [-0.4, -0.2) is 10.9 Å². The van der Waals surface area contributed by atoms with E-state index in [2.05, 4.69) is 6.58 Å². The average molecular weight is 226 g/mol. The van der Waals surface area contributed by atoms with Gasteiger partial charge in [0.25, 0.3) is 0 Å². The summed E-state index contributed by atoms with van der Waals surface area (Å²) in [5.74, 6) is 0.690. The van der Waals surface area contributed by atoms with Gasteiger partial charge in [-0.05, 0) is 41.7 Å². The van der Waals surface area contributed by atoms with Crippen LogP contribution in [0.3, 0.4) is 0 Å². The van der Waals surface area contributed by atoms with E-state index >= 15 is 0 Å². The van der Waals surface area contributed by atoms with Crippen molar-refractivity contribution in [1.29, 1.82) is 0 Å². The predicted octanol–water partition coefficient (Wildman–Crippen LogP) is 3.52. The number of aliphatic hydroxyl groups is 1. The van der Waals surface area contributed by atoms with Gasteiger partial charge >= 0.3 is 0 Å². The standard InChI is InChI=1S/C12H15FOS/c1-2-15-9-3-4-12(14)10-5-7-11(13)8-6-10/h2,5-8,12,14H,1,3-4,9H2. The Morgan fingerprint density at radius 3 is 2.67 bits per heavy atom. The first-order valence-corrected chi connectivity index (χ1v) is 5.95. The van der Waals surface area contributed by atoms with Crippen LogP contribution in [-0.2, 0) is 0 Å². The van der Waals surface area contributed by atoms with E-state index < -0.39 is 6.10 Å². The number of hydrogen-bond acceptors (Lipinski definition) is 2. The maximum atomic E-state index is 12.6. The lowest BCUT2D eigenvalue weighted by Crippen LogP contribution is -1.98. The molecule has 0 radical (unpaired) electrons. The van der Waals surface area contributed by atoms with Crippen LogP contribution in [0.5, 0.6) is 0 Å². The molecule has 1 aromatic carbocycles. The molecule has 15 heavy (non-hydrogen) atoms. The largest absolute Gasteiger partial charge is 0.388 e. The first kappa shape index (κ1) is 12.3. The lowest BCUT2D eigenvalue weighted by Gasteiger charge is -2.09. The molecule has 0 saturated heterocycles. The molecule has 3 heteroatoms. The number of halogens is 1. The molecule has 1 N–H and O–H groups in total. The smallest absolute Gasteiger partial charge is 0.123 e. The summed E-state index contributed by atoms with van der Waals surface area (Å²) >= 11 is 1.64. The molecule has 1 nitrogen and oxygen atoms in total. The van der Waals surface area contributed by atoms with Gasteiger partial charge in [0.1, 0.15) is 5.82 Å². The average Bonchev–Trinajstić information content (AvgIpc) is 2.25. The fraction of sp³-hybridized carbons (Fsp3) is 0.333. The Kier molecular flexibility index (Phi) is 5.43. The number of aliphatic hydroxyl groups excluding tert-OH is 1. The lowest BCUT2D eigenvalue weighted by atomic mass is 10.1. The van der Waals surface area contributed by atoms with E-state index in [9.17, 15) is 9.50 Å². The minimum Gasteiger partial charge on any atom is -0.388 e. The zero-order chi connectivity index (χ0) is 11.1. The Hall–Kier alpha value is -0.800. The third-order valence-corrected chi connectivity index (χ3v) is 2.87. The van der Waals surface area contributed by atoms with Crippen LogP contribution in [0.1, 0.15) is 24.5 Å². The van der Waals surface area contributed by atoms with Crippen molar-refractivity contribution in [3.05, 3.63) is 47.6 Å². The number of rotatable bonds is 6. The molecule has 0 saturated carbocycles. The van der Waals surface area contributed by atoms with Gasteiger partial charge in [0.05, 0.1) is 6.10 Å². The second-order valence-corrected chi connectivity index (χ2v) is 4.32. The molecule has 0 heterocycles. The van der Waals surface area contributed by atoms with Crippen LogP contribution < -0.4 is 0 Å². The van der Waals surface area contributed by atoms with Gasteiger partial charge < -0.3 is 5.11 Å². The summed E-state index contributed by atoms with van der Waals surface area (Å²) in [7, 11) is 0. The minimum atomic E-state index is -0.490. The van der Waals surface area contributed by atoms with Gasteiger partial charge in [-0.25, -0.2) is 4.39 Å². The third-order valence-electron chi connectivity index (χ3n) is 2.11. The molecule has 1 rings (SSSR count). The van der Waals surface area contributed by atoms with Crippen LogP contribution in [0.2, 0.25) is 0 Å². The van der Waals surface area contributed by atoms with E-state index in [1.165, 1.54) is 12.1 Å². The van der Waals surface area contributed by atoms with Crippen LogP contribution in [0, 0.1) is 5.82 Å². The van der Waals surface area contributed by atoms with E-state index in [1.54, 1.807) is 29.3 Å². The third kappa shape index (κ3) is 4.49. The van der Waals surface area contributed by atoms with Crippen molar-refractivity contribution in [3.8, 4) is 0 Å². The molecule has 0 aliphatic rings. The zero-order valence-corrected chi connectivity index (χ0v) is 9.34. The van der Waals surface area contributed by atoms with Crippen LogP contribution in [0.25, 0.3) is 0 Å². The topological polar surface area (TPSA) is 20.2 Å². The molecular formula is C12H15FOS. The highest BCUT2D eigenvalue weighted by Gasteiger charge is 2.06. The lowest BCUT2D eigenvalue weighted by molar-refractivity contribution is 0.167. The molecule has 82 valence electrons. The molecule has 0 fully saturated rings. The second kappa shape index (κ2) is 6.64. The highest BCUT2D eigenvalue weighted by Crippen LogP contribution is 2.19. The van der Waals surface area contributed by atoms with Gasteiger partial charge in [-0.3, -0.25) is 0 Å². The van der Waals surface area contributed by atoms with E-state index in [0.29, 0.717) is 6.42 Å². The molecule has 0 spiro atoms. The van der Waals surface area contributed by atoms with Crippen LogP contribution >= 0.6 is 11.8 Å². The van der Waals surface area contributed by atoms with Gasteiger partial charge in [0.2, 0.25) is 0 Å². The van der Waals surface area contributed by atoms with Crippen LogP contribution in [0.4, 0.5) is 4.39 Å². The van der Waals surface area contributed by atoms with Gasteiger partial charge in [0, 0.05) is 0 Å². The van der Waals surface area contributed by atoms with Crippen molar-refractivity contribution >= 4 is 11.8 Å². The molecule has 0 aliphatic heterocycles. The maximum Gasteiger partial charge on any atom is 0.123 e. The summed E-state index contributed by atoms with van der Waals surface area (Å²) in [5, 5.41) is 11.5. The Morgan fingerprint density at radius 1 is 1.40 bits per heavy atom. The highest BCUT2D eigenvalue weighted by atomic mass is 32.2. The number of benzene rings is 1. The summed E-state index contributed by atoms with van der Waals surface area (Å²) in [6.45, 7) is 3.60. The Balaban J connectivity index is 2.36. The fourth-order valence-corrected chi connectivity index (χ4v) is 1.79. The van der Waals surface area contributed by atoms with E-state index in [1.807, 2.05) is 0 Å². The maximum absolute atomic E-state index is 12.6. The van der Waals surface area contributed by atoms with Crippen LogP contribution in [0.15, 0.2) is 36.3 Å². The zero-order valence-electron chi connectivity index (χ0n) is 8.53. The molecular weight excluding hydrogens is 211 g/mol. The summed E-state index contributed by atoms with van der Waals surface area (Å²) in [4.78, 5) is 0. The number of hydrogen-bond donors (Lipinski definition) is 1. The van der Waals surface area contributed by atoms with Crippen molar-refractivity contribution in [3.63, 3.8) is 0 Å². The molecule has 0 bridgehead atoms. The van der Waals surface area contributed by atoms with Gasteiger partial charge in [-0.2, -0.15) is 0 Å². The normalized spacial score (nSPS) is 12.4. The molecule has 0 aliphatic carbocycles. The first-order chi connectivity index (χ1) is 7.24. The molecule has 0 aromatic heterocycles. The monoisotopic (exact) mass is 226 g/mol. The summed E-state index contributed by atoms with van der Waals surface area (Å²) in [5.41, 5.74) is 0.778. The van der Waals surface area contributed by atoms with E-state index in [-0.39, 0.29) is 5.82 Å². The molecule has 0 amide bonds. The summed E-state index contributed by atoms with van der Waals surface area (Å²) < 4.78 is 12.6. The predicted molar refractivity (Wildman–Crippen MR) is 63.2 cm³/mol. The Bertz CT molecular complexity index is 297. The van der Waals surface area contributed by atoms with E-state index in [0.717, 1.165) is 17.7 Å². The van der Waals surface area contributed by atoms with Crippen molar-refractivity contribution < 1.29 is 9.50 Å². The Labute approximate surface area is 94.0 Å². The second-order valence-electron chi connectivity index (χ2n) is 3.25. The van der Waals surface area contributed by atoms with Gasteiger partial charge in [0.15, 0.2) is 0 Å². The quantitative estimate of drug-likeness (QED) is 0.749. The van der Waals surface area contributed by atoms with E-state index in [4.69, 9.17) is 0 Å². The fourth-order valence-electron chi connectivity index (χ4n) is 1.29. The SMILES string of the molecule is C=CSCCCC(O)c1ccc(F)cc1. The minimum absolute atomic E-state index is 0.270. The Morgan fingerprint density at radius 2 is 2.07 bits per heavy atom. The summed E-state index contributed by atoms with van der Waals surface area (Å²) in [6.07, 6.45) is 1.14.